The van der Waals surface area contributed by atoms with Crippen molar-refractivity contribution in [3.05, 3.63) is 52.1 Å². The molecule has 264 valence electrons. The second kappa shape index (κ2) is 13.8. The van der Waals surface area contributed by atoms with E-state index in [1.807, 2.05) is 13.0 Å². The number of methoxy groups -OCH3 is 2. The Bertz CT molecular complexity index is 1700. The molecule has 2 bridgehead atoms. The zero-order valence-corrected chi connectivity index (χ0v) is 29.5. The molecule has 2 N–H and O–H groups in total. The number of rotatable bonds is 9. The van der Waals surface area contributed by atoms with Gasteiger partial charge in [-0.05, 0) is 31.4 Å². The lowest BCUT2D eigenvalue weighted by atomic mass is 9.70. The van der Waals surface area contributed by atoms with Gasteiger partial charge in [-0.25, -0.2) is 4.79 Å². The van der Waals surface area contributed by atoms with E-state index in [2.05, 4.69) is 12.6 Å². The lowest BCUT2D eigenvalue weighted by molar-refractivity contribution is -0.127. The minimum atomic E-state index is -1.92. The minimum absolute atomic E-state index is 0.0949. The van der Waals surface area contributed by atoms with Gasteiger partial charge < -0.3 is 43.4 Å². The van der Waals surface area contributed by atoms with Gasteiger partial charge in [-0.15, -0.1) is 0 Å². The van der Waals surface area contributed by atoms with Gasteiger partial charge >= 0.3 is 6.09 Å². The van der Waals surface area contributed by atoms with Crippen molar-refractivity contribution in [3.8, 4) is 34.8 Å². The average Bonchev–Trinajstić information content (AvgIpc) is 3.56. The third-order valence-electron chi connectivity index (χ3n) is 9.41. The zero-order valence-electron chi connectivity index (χ0n) is 27.2. The van der Waals surface area contributed by atoms with E-state index in [-0.39, 0.29) is 32.4 Å². The van der Waals surface area contributed by atoms with Crippen molar-refractivity contribution in [1.82, 2.24) is 9.80 Å². The Labute approximate surface area is 298 Å². The Morgan fingerprint density at radius 2 is 1.88 bits per heavy atom. The van der Waals surface area contributed by atoms with E-state index >= 15 is 0 Å². The molecule has 0 radical (unpaired) electrons. The molecule has 1 saturated heterocycles. The van der Waals surface area contributed by atoms with E-state index in [0.717, 1.165) is 11.1 Å². The summed E-state index contributed by atoms with van der Waals surface area (Å²) in [5.41, 5.74) is 3.29. The molecule has 0 aromatic heterocycles. The molecule has 1 amide bonds. The lowest BCUT2D eigenvalue weighted by Gasteiger charge is -2.61. The largest absolute Gasteiger partial charge is 0.493 e. The molecule has 0 spiro atoms. The smallest absolute Gasteiger partial charge is 0.410 e. The highest BCUT2D eigenvalue weighted by atomic mass is 35.6. The Kier molecular flexibility index (Phi) is 9.96. The quantitative estimate of drug-likeness (QED) is 0.208. The van der Waals surface area contributed by atoms with E-state index in [9.17, 15) is 20.3 Å². The SMILES string of the molecule is C=CCOc1c(OC)c(C)cc2c1[C@@H]1[C@@H]3[C@@H](O)c4c(OCOC)c(C)c5c(c4[C@H](CO)N3[C@@H](C#N)[C@H](C2)N1C(=O)OCC(Cl)(Cl)Cl)OCO5. The maximum atomic E-state index is 14.2. The minimum Gasteiger partial charge on any atom is -0.493 e. The summed E-state index contributed by atoms with van der Waals surface area (Å²) in [4.78, 5) is 17.3. The molecule has 0 aliphatic carbocycles. The number of carbonyl (C=O) groups is 1. The molecule has 4 aliphatic heterocycles. The highest BCUT2D eigenvalue weighted by Crippen LogP contribution is 2.61. The number of piperazine rings is 1. The number of hydrogen-bond donors (Lipinski definition) is 2. The second-order valence-electron chi connectivity index (χ2n) is 12.1. The number of benzene rings is 2. The first-order valence-corrected chi connectivity index (χ1v) is 16.6. The highest BCUT2D eigenvalue weighted by molar-refractivity contribution is 6.67. The first-order valence-electron chi connectivity index (χ1n) is 15.4. The molecule has 49 heavy (non-hydrogen) atoms. The number of aliphatic hydroxyl groups is 2. The molecule has 4 heterocycles. The zero-order chi connectivity index (χ0) is 35.4. The van der Waals surface area contributed by atoms with Gasteiger partial charge in [-0.1, -0.05) is 53.5 Å². The molecular formula is C33H36Cl3N3O10. The van der Waals surface area contributed by atoms with Crippen LogP contribution in [-0.4, -0.2) is 95.7 Å². The van der Waals surface area contributed by atoms with Crippen LogP contribution in [0.2, 0.25) is 0 Å². The topological polar surface area (TPSA) is 152 Å². The molecule has 6 atom stereocenters. The molecule has 16 heteroatoms. The molecule has 2 aromatic rings. The summed E-state index contributed by atoms with van der Waals surface area (Å²) in [5, 5.41) is 34.7. The molecule has 6 rings (SSSR count). The summed E-state index contributed by atoms with van der Waals surface area (Å²) in [5.74, 6) is 1.71. The fourth-order valence-electron chi connectivity index (χ4n) is 7.80. The number of nitriles is 1. The van der Waals surface area contributed by atoms with Gasteiger partial charge in [-0.2, -0.15) is 5.26 Å². The summed E-state index contributed by atoms with van der Waals surface area (Å²) < 4.78 is 38.8. The van der Waals surface area contributed by atoms with Gasteiger partial charge in [0.15, 0.2) is 29.8 Å². The number of halogens is 3. The van der Waals surface area contributed by atoms with Crippen molar-refractivity contribution in [2.45, 2.75) is 60.4 Å². The van der Waals surface area contributed by atoms with Crippen molar-refractivity contribution in [2.75, 3.05) is 47.6 Å². The summed E-state index contributed by atoms with van der Waals surface area (Å²) >= 11 is 17.9. The van der Waals surface area contributed by atoms with E-state index in [1.54, 1.807) is 17.9 Å². The van der Waals surface area contributed by atoms with Gasteiger partial charge in [-0.3, -0.25) is 9.80 Å². The number of amides is 1. The van der Waals surface area contributed by atoms with Crippen molar-refractivity contribution >= 4 is 40.9 Å². The third kappa shape index (κ3) is 5.77. The average molecular weight is 741 g/mol. The van der Waals surface area contributed by atoms with Gasteiger partial charge in [0.25, 0.3) is 0 Å². The molecule has 1 fully saturated rings. The molecule has 4 aliphatic rings. The normalized spacial score (nSPS) is 25.0. The molecule has 0 unspecified atom stereocenters. The summed E-state index contributed by atoms with van der Waals surface area (Å²) in [6.07, 6.45) is -0.573. The van der Waals surface area contributed by atoms with Gasteiger partial charge in [0, 0.05) is 29.4 Å². The first-order chi connectivity index (χ1) is 23.4. The predicted molar refractivity (Wildman–Crippen MR) is 177 cm³/mol. The van der Waals surface area contributed by atoms with Crippen molar-refractivity contribution in [2.24, 2.45) is 0 Å². The van der Waals surface area contributed by atoms with Crippen LogP contribution in [0, 0.1) is 25.2 Å². The van der Waals surface area contributed by atoms with Crippen LogP contribution in [0.15, 0.2) is 18.7 Å². The van der Waals surface area contributed by atoms with E-state index in [0.29, 0.717) is 45.3 Å². The number of hydrogen-bond acceptors (Lipinski definition) is 12. The Balaban J connectivity index is 1.66. The van der Waals surface area contributed by atoms with E-state index in [1.165, 1.54) is 19.1 Å². The van der Waals surface area contributed by atoms with Crippen LogP contribution in [-0.2, 0) is 15.9 Å². The number of fused-ring (bicyclic) bond motifs is 9. The Morgan fingerprint density at radius 3 is 2.51 bits per heavy atom. The van der Waals surface area contributed by atoms with Crippen LogP contribution in [0.5, 0.6) is 28.7 Å². The second-order valence-corrected chi connectivity index (χ2v) is 14.6. The monoisotopic (exact) mass is 739 g/mol. The van der Waals surface area contributed by atoms with Crippen LogP contribution in [0.4, 0.5) is 4.79 Å². The first kappa shape index (κ1) is 35.5. The standard InChI is InChI=1S/C33H36Cl3N3O10/c1-6-7-45-30-21-17(8-15(2)27(30)44-5)9-18-19(10-37)38-20(11-40)22-23(28(47-13-43-4)16(3)29-31(22)49-14-48-29)26(41)25(38)24(21)39(18)32(42)46-12-33(34,35)36/h6,8,18-20,24-26,40-41H,1,7,9,11-14H2,2-5H3/t18-,19-,20-,24+,25+,26-/m0/s1. The van der Waals surface area contributed by atoms with Gasteiger partial charge in [0.1, 0.15) is 31.1 Å². The molecule has 2 aromatic carbocycles. The number of alkyl halides is 3. The number of aliphatic hydroxyl groups excluding tert-OH is 2. The van der Waals surface area contributed by atoms with Gasteiger partial charge in [0.05, 0.1) is 44.0 Å². The highest BCUT2D eigenvalue weighted by Gasteiger charge is 2.62. The molecule has 13 nitrogen and oxygen atoms in total. The van der Waals surface area contributed by atoms with E-state index < -0.39 is 59.4 Å². The van der Waals surface area contributed by atoms with Crippen LogP contribution in [0.3, 0.4) is 0 Å². The molecular weight excluding hydrogens is 705 g/mol. The van der Waals surface area contributed by atoms with E-state index in [4.69, 9.17) is 68.0 Å². The van der Waals surface area contributed by atoms with Crippen molar-refractivity contribution < 1.29 is 48.2 Å². The fourth-order valence-corrected chi connectivity index (χ4v) is 7.96. The van der Waals surface area contributed by atoms with Crippen molar-refractivity contribution in [1.29, 1.82) is 5.26 Å². The Morgan fingerprint density at radius 1 is 1.14 bits per heavy atom. The lowest BCUT2D eigenvalue weighted by Crippen LogP contribution is -2.71. The maximum Gasteiger partial charge on any atom is 0.410 e. The van der Waals surface area contributed by atoms with Gasteiger partial charge in [0.2, 0.25) is 10.6 Å². The third-order valence-corrected chi connectivity index (χ3v) is 9.74. The summed E-state index contributed by atoms with van der Waals surface area (Å²) in [7, 11) is 2.97. The van der Waals surface area contributed by atoms with Crippen LogP contribution >= 0.6 is 34.8 Å². The fraction of sp³-hybridized carbons (Fsp3) is 0.515. The summed E-state index contributed by atoms with van der Waals surface area (Å²) in [6.45, 7) is 6.17. The Hall–Kier alpha value is -3.35. The van der Waals surface area contributed by atoms with Crippen molar-refractivity contribution in [3.63, 3.8) is 0 Å². The number of nitrogens with zero attached hydrogens (tertiary/aromatic N) is 3. The summed E-state index contributed by atoms with van der Waals surface area (Å²) in [6, 6.07) is -0.683. The van der Waals surface area contributed by atoms with Crippen LogP contribution in [0.1, 0.15) is 51.6 Å². The molecule has 0 saturated carbocycles. The number of carbonyl (C=O) groups excluding carboxylic acids is 1. The van der Waals surface area contributed by atoms with Crippen LogP contribution < -0.4 is 23.7 Å². The maximum absolute atomic E-state index is 14.2. The number of ether oxygens (including phenoxy) is 7. The predicted octanol–water partition coefficient (Wildman–Crippen LogP) is 4.72. The van der Waals surface area contributed by atoms with Crippen LogP contribution in [0.25, 0.3) is 0 Å². The number of aryl methyl sites for hydroxylation is 1.